The molecule has 0 radical (unpaired) electrons. The lowest BCUT2D eigenvalue weighted by molar-refractivity contribution is -0.117. The lowest BCUT2D eigenvalue weighted by atomic mass is 9.92. The van der Waals surface area contributed by atoms with Gasteiger partial charge in [0.1, 0.15) is 5.56 Å². The van der Waals surface area contributed by atoms with E-state index in [9.17, 15) is 19.5 Å². The van der Waals surface area contributed by atoms with Crippen molar-refractivity contribution < 1.29 is 14.7 Å². The van der Waals surface area contributed by atoms with Crippen molar-refractivity contribution in [3.63, 3.8) is 0 Å². The number of rotatable bonds is 5. The molecule has 4 rings (SSSR count). The van der Waals surface area contributed by atoms with E-state index in [1.807, 2.05) is 30.3 Å². The van der Waals surface area contributed by atoms with Crippen LogP contribution in [0, 0.1) is 12.8 Å². The zero-order valence-corrected chi connectivity index (χ0v) is 17.8. The van der Waals surface area contributed by atoms with Crippen LogP contribution >= 0.6 is 0 Å². The number of amides is 2. The molecule has 2 aliphatic rings. The molecule has 1 unspecified atom stereocenters. The van der Waals surface area contributed by atoms with Crippen molar-refractivity contribution in [2.24, 2.45) is 5.92 Å². The van der Waals surface area contributed by atoms with Gasteiger partial charge in [-0.1, -0.05) is 18.2 Å². The first-order valence-electron chi connectivity index (χ1n) is 11.0. The summed E-state index contributed by atoms with van der Waals surface area (Å²) in [5.41, 5.74) is 1.38. The number of aryl methyl sites for hydroxylation is 1. The molecular weight excluding hydrogens is 394 g/mol. The average Bonchev–Trinajstić information content (AvgIpc) is 3.14. The normalized spacial score (nSPS) is 23.7. The molecule has 2 N–H and O–H groups in total. The van der Waals surface area contributed by atoms with Gasteiger partial charge in [-0.3, -0.25) is 14.4 Å². The van der Waals surface area contributed by atoms with E-state index >= 15 is 0 Å². The van der Waals surface area contributed by atoms with Crippen molar-refractivity contribution in [2.45, 2.75) is 51.2 Å². The smallest absolute Gasteiger partial charge is 0.263 e. The Morgan fingerprint density at radius 1 is 1.10 bits per heavy atom. The second-order valence-electron chi connectivity index (χ2n) is 8.67. The predicted octanol–water partition coefficient (Wildman–Crippen LogP) is 2.42. The summed E-state index contributed by atoms with van der Waals surface area (Å²) in [7, 11) is 0. The van der Waals surface area contributed by atoms with Crippen LogP contribution in [-0.4, -0.2) is 40.7 Å². The summed E-state index contributed by atoms with van der Waals surface area (Å²) >= 11 is 0. The number of hydrogen-bond donors (Lipinski definition) is 2. The number of anilines is 1. The Bertz CT molecular complexity index is 1010. The molecule has 7 nitrogen and oxygen atoms in total. The maximum absolute atomic E-state index is 13.1. The zero-order valence-electron chi connectivity index (χ0n) is 17.8. The van der Waals surface area contributed by atoms with Crippen molar-refractivity contribution >= 4 is 17.5 Å². The molecule has 0 bridgehead atoms. The van der Waals surface area contributed by atoms with Crippen LogP contribution in [0.1, 0.15) is 54.1 Å². The molecule has 1 aliphatic heterocycles. The number of aliphatic hydroxyl groups is 1. The summed E-state index contributed by atoms with van der Waals surface area (Å²) < 4.78 is 1.64. The third-order valence-corrected chi connectivity index (χ3v) is 6.44. The summed E-state index contributed by atoms with van der Waals surface area (Å²) in [6.07, 6.45) is 4.61. The van der Waals surface area contributed by atoms with Crippen LogP contribution in [0.3, 0.4) is 0 Å². The van der Waals surface area contributed by atoms with Crippen LogP contribution in [0.5, 0.6) is 0 Å². The first kappa shape index (κ1) is 21.3. The standard InChI is InChI=1S/C24H29N3O4/c1-16-11-12-26(19-7-9-20(28)10-8-19)24(31)22(16)23(30)25-14-17-13-21(29)27(15-17)18-5-3-2-4-6-18/h2-6,11-12,17,19-20,28H,7-10,13-15H2,1H3,(H,25,30). The third-order valence-electron chi connectivity index (χ3n) is 6.44. The van der Waals surface area contributed by atoms with Crippen LogP contribution in [0.2, 0.25) is 0 Å². The molecule has 31 heavy (non-hydrogen) atoms. The molecule has 2 heterocycles. The van der Waals surface area contributed by atoms with Crippen molar-refractivity contribution in [3.8, 4) is 0 Å². The summed E-state index contributed by atoms with van der Waals surface area (Å²) in [5.74, 6) is -0.343. The Morgan fingerprint density at radius 2 is 1.81 bits per heavy atom. The monoisotopic (exact) mass is 423 g/mol. The van der Waals surface area contributed by atoms with Crippen LogP contribution in [0.25, 0.3) is 0 Å². The van der Waals surface area contributed by atoms with Gasteiger partial charge in [-0.15, -0.1) is 0 Å². The molecule has 7 heteroatoms. The number of aliphatic hydroxyl groups excluding tert-OH is 1. The van der Waals surface area contributed by atoms with Gasteiger partial charge in [-0.25, -0.2) is 0 Å². The maximum Gasteiger partial charge on any atom is 0.263 e. The summed E-state index contributed by atoms with van der Waals surface area (Å²) in [6, 6.07) is 11.3. The fourth-order valence-corrected chi connectivity index (χ4v) is 4.64. The fraction of sp³-hybridized carbons (Fsp3) is 0.458. The molecule has 1 atom stereocenters. The molecule has 1 aromatic heterocycles. The van der Waals surface area contributed by atoms with Gasteiger partial charge in [0, 0.05) is 43.4 Å². The number of nitrogens with one attached hydrogen (secondary N) is 1. The topological polar surface area (TPSA) is 91.6 Å². The first-order valence-corrected chi connectivity index (χ1v) is 11.0. The maximum atomic E-state index is 13.1. The summed E-state index contributed by atoms with van der Waals surface area (Å²) in [4.78, 5) is 40.1. The predicted molar refractivity (Wildman–Crippen MR) is 118 cm³/mol. The van der Waals surface area contributed by atoms with E-state index in [0.717, 1.165) is 18.5 Å². The van der Waals surface area contributed by atoms with Gasteiger partial charge in [-0.05, 0) is 56.4 Å². The Morgan fingerprint density at radius 3 is 2.52 bits per heavy atom. The fourth-order valence-electron chi connectivity index (χ4n) is 4.64. The highest BCUT2D eigenvalue weighted by atomic mass is 16.3. The van der Waals surface area contributed by atoms with E-state index < -0.39 is 5.91 Å². The van der Waals surface area contributed by atoms with E-state index in [0.29, 0.717) is 37.9 Å². The van der Waals surface area contributed by atoms with E-state index in [-0.39, 0.29) is 35.1 Å². The van der Waals surface area contributed by atoms with Gasteiger partial charge in [0.15, 0.2) is 0 Å². The molecule has 1 aliphatic carbocycles. The number of aromatic nitrogens is 1. The lowest BCUT2D eigenvalue weighted by Crippen LogP contribution is -2.38. The number of nitrogens with zero attached hydrogens (tertiary/aromatic N) is 2. The molecule has 1 saturated heterocycles. The number of carbonyl (C=O) groups is 2. The molecule has 164 valence electrons. The first-order chi connectivity index (χ1) is 14.9. The Kier molecular flexibility index (Phi) is 6.23. The largest absolute Gasteiger partial charge is 0.393 e. The molecular formula is C24H29N3O4. The number of pyridine rings is 1. The molecule has 1 aromatic carbocycles. The van der Waals surface area contributed by atoms with Crippen molar-refractivity contribution in [2.75, 3.05) is 18.0 Å². The van der Waals surface area contributed by atoms with Crippen LogP contribution < -0.4 is 15.8 Å². The van der Waals surface area contributed by atoms with Crippen molar-refractivity contribution in [1.82, 2.24) is 9.88 Å². The minimum atomic E-state index is -0.390. The van der Waals surface area contributed by atoms with Crippen LogP contribution in [0.4, 0.5) is 5.69 Å². The highest BCUT2D eigenvalue weighted by Crippen LogP contribution is 2.28. The van der Waals surface area contributed by atoms with Gasteiger partial charge in [0.2, 0.25) is 5.91 Å². The number of carbonyl (C=O) groups excluding carboxylic acids is 2. The Balaban J connectivity index is 1.43. The van der Waals surface area contributed by atoms with Gasteiger partial charge in [0.25, 0.3) is 11.5 Å². The number of benzene rings is 1. The van der Waals surface area contributed by atoms with Gasteiger partial charge in [0.05, 0.1) is 6.10 Å². The average molecular weight is 424 g/mol. The van der Waals surface area contributed by atoms with E-state index in [4.69, 9.17) is 0 Å². The second-order valence-corrected chi connectivity index (χ2v) is 8.67. The molecule has 1 saturated carbocycles. The Labute approximate surface area is 181 Å². The van der Waals surface area contributed by atoms with Gasteiger partial charge < -0.3 is 19.9 Å². The second kappa shape index (κ2) is 9.06. The summed E-state index contributed by atoms with van der Waals surface area (Å²) in [5, 5.41) is 12.6. The number of hydrogen-bond acceptors (Lipinski definition) is 4. The highest BCUT2D eigenvalue weighted by molar-refractivity contribution is 5.97. The quantitative estimate of drug-likeness (QED) is 0.773. The molecule has 2 aromatic rings. The SMILES string of the molecule is Cc1ccn(C2CCC(O)CC2)c(=O)c1C(=O)NCC1CC(=O)N(c2ccccc2)C1. The lowest BCUT2D eigenvalue weighted by Gasteiger charge is -2.27. The summed E-state index contributed by atoms with van der Waals surface area (Å²) in [6.45, 7) is 2.66. The highest BCUT2D eigenvalue weighted by Gasteiger charge is 2.31. The number of para-hydroxylation sites is 1. The van der Waals surface area contributed by atoms with Crippen molar-refractivity contribution in [3.05, 3.63) is 64.1 Å². The Hall–Kier alpha value is -2.93. The van der Waals surface area contributed by atoms with Gasteiger partial charge in [-0.2, -0.15) is 0 Å². The molecule has 2 amide bonds. The minimum absolute atomic E-state index is 0.00253. The third kappa shape index (κ3) is 4.56. The van der Waals surface area contributed by atoms with Crippen LogP contribution in [-0.2, 0) is 4.79 Å². The van der Waals surface area contributed by atoms with E-state index in [1.165, 1.54) is 0 Å². The van der Waals surface area contributed by atoms with Crippen LogP contribution in [0.15, 0.2) is 47.4 Å². The zero-order chi connectivity index (χ0) is 22.0. The van der Waals surface area contributed by atoms with E-state index in [1.54, 1.807) is 28.7 Å². The van der Waals surface area contributed by atoms with Crippen molar-refractivity contribution in [1.29, 1.82) is 0 Å². The van der Waals surface area contributed by atoms with Gasteiger partial charge >= 0.3 is 0 Å². The minimum Gasteiger partial charge on any atom is -0.393 e. The van der Waals surface area contributed by atoms with E-state index in [2.05, 4.69) is 5.32 Å². The molecule has 0 spiro atoms. The molecule has 2 fully saturated rings.